The van der Waals surface area contributed by atoms with Crippen molar-refractivity contribution in [1.82, 2.24) is 0 Å². The Bertz CT molecular complexity index is 278. The predicted octanol–water partition coefficient (Wildman–Crippen LogP) is 3.17. The van der Waals surface area contributed by atoms with Crippen LogP contribution >= 0.6 is 27.5 Å². The number of benzene rings is 1. The number of hydrogen-bond acceptors (Lipinski definition) is 2. The molecule has 0 aromatic heterocycles. The van der Waals surface area contributed by atoms with Crippen LogP contribution in [0.3, 0.4) is 0 Å². The van der Waals surface area contributed by atoms with Crippen LogP contribution in [0.2, 0.25) is 0 Å². The summed E-state index contributed by atoms with van der Waals surface area (Å²) in [5.41, 5.74) is 0.952. The lowest BCUT2D eigenvalue weighted by atomic mass is 10.2. The van der Waals surface area contributed by atoms with Gasteiger partial charge in [0.15, 0.2) is 6.79 Å². The lowest BCUT2D eigenvalue weighted by Crippen LogP contribution is -2.01. The summed E-state index contributed by atoms with van der Waals surface area (Å²) in [6, 6.07) is 5.74. The zero-order valence-electron chi connectivity index (χ0n) is 7.22. The Morgan fingerprint density at radius 1 is 1.46 bits per heavy atom. The third kappa shape index (κ3) is 2.86. The van der Waals surface area contributed by atoms with Gasteiger partial charge in [-0.25, -0.2) is 0 Å². The molecule has 0 atom stereocenters. The van der Waals surface area contributed by atoms with Crippen LogP contribution in [0.1, 0.15) is 5.56 Å². The molecule has 0 aliphatic heterocycles. The van der Waals surface area contributed by atoms with Gasteiger partial charge in [-0.1, -0.05) is 12.1 Å². The molecule has 13 heavy (non-hydrogen) atoms. The van der Waals surface area contributed by atoms with E-state index in [0.717, 1.165) is 15.8 Å². The number of hydrogen-bond donors (Lipinski definition) is 0. The molecule has 0 saturated heterocycles. The Balaban J connectivity index is 2.87. The van der Waals surface area contributed by atoms with Crippen molar-refractivity contribution in [2.45, 2.75) is 5.88 Å². The van der Waals surface area contributed by atoms with E-state index in [0.29, 0.717) is 5.88 Å². The fourth-order valence-electron chi connectivity index (χ4n) is 0.938. The van der Waals surface area contributed by atoms with Crippen LogP contribution in [0.15, 0.2) is 22.7 Å². The van der Waals surface area contributed by atoms with Crippen molar-refractivity contribution in [2.24, 2.45) is 0 Å². The summed E-state index contributed by atoms with van der Waals surface area (Å²) in [6.45, 7) is 0.229. The van der Waals surface area contributed by atoms with Gasteiger partial charge in [-0.3, -0.25) is 0 Å². The van der Waals surface area contributed by atoms with Crippen LogP contribution in [0.4, 0.5) is 0 Å². The minimum Gasteiger partial charge on any atom is -0.466 e. The number of ether oxygens (including phenoxy) is 2. The first kappa shape index (κ1) is 10.8. The molecule has 1 aromatic carbocycles. The Hall–Kier alpha value is -0.250. The van der Waals surface area contributed by atoms with Crippen molar-refractivity contribution in [3.63, 3.8) is 0 Å². The highest BCUT2D eigenvalue weighted by molar-refractivity contribution is 9.10. The van der Waals surface area contributed by atoms with Gasteiger partial charge in [0.2, 0.25) is 0 Å². The maximum absolute atomic E-state index is 5.74. The molecule has 1 rings (SSSR count). The standard InChI is InChI=1S/C9H10BrClO2/c1-12-6-13-9-7(5-11)3-2-4-8(9)10/h2-4H,5-6H2,1H3. The molecular weight excluding hydrogens is 255 g/mol. The minimum absolute atomic E-state index is 0.229. The highest BCUT2D eigenvalue weighted by Crippen LogP contribution is 2.29. The second kappa shape index (κ2) is 5.47. The number of para-hydroxylation sites is 1. The van der Waals surface area contributed by atoms with Gasteiger partial charge in [0.1, 0.15) is 5.75 Å². The molecule has 72 valence electrons. The van der Waals surface area contributed by atoms with E-state index in [1.54, 1.807) is 7.11 Å². The highest BCUT2D eigenvalue weighted by atomic mass is 79.9. The molecule has 0 unspecified atom stereocenters. The van der Waals surface area contributed by atoms with Gasteiger partial charge in [-0.05, 0) is 22.0 Å². The van der Waals surface area contributed by atoms with Crippen molar-refractivity contribution >= 4 is 27.5 Å². The van der Waals surface area contributed by atoms with Gasteiger partial charge in [0.25, 0.3) is 0 Å². The third-order valence-corrected chi connectivity index (χ3v) is 2.43. The summed E-state index contributed by atoms with van der Waals surface area (Å²) in [5.74, 6) is 1.18. The van der Waals surface area contributed by atoms with Gasteiger partial charge in [-0.2, -0.15) is 0 Å². The summed E-state index contributed by atoms with van der Waals surface area (Å²) in [4.78, 5) is 0. The van der Waals surface area contributed by atoms with Gasteiger partial charge in [-0.15, -0.1) is 11.6 Å². The molecule has 0 aliphatic carbocycles. The van der Waals surface area contributed by atoms with Crippen LogP contribution in [-0.2, 0) is 10.6 Å². The Kier molecular flexibility index (Phi) is 4.56. The summed E-state index contributed by atoms with van der Waals surface area (Å²) in [5, 5.41) is 0. The van der Waals surface area contributed by atoms with Crippen LogP contribution in [0.25, 0.3) is 0 Å². The molecule has 0 fully saturated rings. The SMILES string of the molecule is COCOc1c(Br)cccc1CCl. The summed E-state index contributed by atoms with van der Waals surface area (Å²) in [7, 11) is 1.58. The first-order chi connectivity index (χ1) is 6.29. The normalized spacial score (nSPS) is 10.1. The number of halogens is 2. The van der Waals surface area contributed by atoms with E-state index >= 15 is 0 Å². The fourth-order valence-corrected chi connectivity index (χ4v) is 1.67. The van der Waals surface area contributed by atoms with E-state index in [4.69, 9.17) is 21.1 Å². The van der Waals surface area contributed by atoms with Crippen LogP contribution in [0, 0.1) is 0 Å². The average Bonchev–Trinajstić information content (AvgIpc) is 2.15. The first-order valence-corrected chi connectivity index (χ1v) is 5.07. The number of methoxy groups -OCH3 is 1. The summed E-state index contributed by atoms with van der Waals surface area (Å²) in [6.07, 6.45) is 0. The van der Waals surface area contributed by atoms with Crippen molar-refractivity contribution in [2.75, 3.05) is 13.9 Å². The fraction of sp³-hybridized carbons (Fsp3) is 0.333. The van der Waals surface area contributed by atoms with E-state index in [1.807, 2.05) is 18.2 Å². The van der Waals surface area contributed by atoms with Crippen LogP contribution < -0.4 is 4.74 Å². The molecule has 0 spiro atoms. The minimum atomic E-state index is 0.229. The van der Waals surface area contributed by atoms with E-state index in [9.17, 15) is 0 Å². The van der Waals surface area contributed by atoms with Gasteiger partial charge >= 0.3 is 0 Å². The molecule has 0 bridgehead atoms. The maximum atomic E-state index is 5.74. The second-order valence-corrected chi connectivity index (χ2v) is 3.53. The van der Waals surface area contributed by atoms with E-state index in [2.05, 4.69) is 15.9 Å². The van der Waals surface area contributed by atoms with Crippen molar-refractivity contribution in [1.29, 1.82) is 0 Å². The molecule has 2 nitrogen and oxygen atoms in total. The molecule has 0 amide bonds. The number of alkyl halides is 1. The predicted molar refractivity (Wildman–Crippen MR) is 56.2 cm³/mol. The lowest BCUT2D eigenvalue weighted by molar-refractivity contribution is 0.0500. The Morgan fingerprint density at radius 3 is 2.85 bits per heavy atom. The largest absolute Gasteiger partial charge is 0.466 e. The zero-order valence-corrected chi connectivity index (χ0v) is 9.56. The molecule has 0 N–H and O–H groups in total. The molecule has 4 heteroatoms. The molecule has 0 heterocycles. The average molecular weight is 266 g/mol. The van der Waals surface area contributed by atoms with Crippen LogP contribution in [-0.4, -0.2) is 13.9 Å². The number of rotatable bonds is 4. The van der Waals surface area contributed by atoms with Crippen LogP contribution in [0.5, 0.6) is 5.75 Å². The topological polar surface area (TPSA) is 18.5 Å². The molecular formula is C9H10BrClO2. The van der Waals surface area contributed by atoms with Gasteiger partial charge in [0.05, 0.1) is 10.4 Å². The van der Waals surface area contributed by atoms with Crippen molar-refractivity contribution < 1.29 is 9.47 Å². The Morgan fingerprint density at radius 2 is 2.23 bits per heavy atom. The monoisotopic (exact) mass is 264 g/mol. The summed E-state index contributed by atoms with van der Waals surface area (Å²) < 4.78 is 11.1. The zero-order chi connectivity index (χ0) is 9.68. The quantitative estimate of drug-likeness (QED) is 0.615. The molecule has 0 aliphatic rings. The molecule has 0 radical (unpaired) electrons. The van der Waals surface area contributed by atoms with E-state index < -0.39 is 0 Å². The smallest absolute Gasteiger partial charge is 0.188 e. The van der Waals surface area contributed by atoms with Crippen molar-refractivity contribution in [3.8, 4) is 5.75 Å². The highest BCUT2D eigenvalue weighted by Gasteiger charge is 2.06. The first-order valence-electron chi connectivity index (χ1n) is 3.74. The maximum Gasteiger partial charge on any atom is 0.188 e. The second-order valence-electron chi connectivity index (χ2n) is 2.41. The summed E-state index contributed by atoms with van der Waals surface area (Å²) >= 11 is 9.12. The molecule has 0 saturated carbocycles. The van der Waals surface area contributed by atoms with E-state index in [-0.39, 0.29) is 6.79 Å². The van der Waals surface area contributed by atoms with Gasteiger partial charge in [0, 0.05) is 12.7 Å². The molecule has 1 aromatic rings. The third-order valence-electron chi connectivity index (χ3n) is 1.51. The van der Waals surface area contributed by atoms with Crippen molar-refractivity contribution in [3.05, 3.63) is 28.2 Å². The Labute approximate surface area is 90.9 Å². The lowest BCUT2D eigenvalue weighted by Gasteiger charge is -2.10. The van der Waals surface area contributed by atoms with E-state index in [1.165, 1.54) is 0 Å². The van der Waals surface area contributed by atoms with Gasteiger partial charge < -0.3 is 9.47 Å².